The van der Waals surface area contributed by atoms with Gasteiger partial charge < -0.3 is 9.73 Å². The molecule has 6 nitrogen and oxygen atoms in total. The lowest BCUT2D eigenvalue weighted by atomic mass is 10.0. The summed E-state index contributed by atoms with van der Waals surface area (Å²) in [6, 6.07) is 12.9. The smallest absolute Gasteiger partial charge is 0.416 e. The van der Waals surface area contributed by atoms with Gasteiger partial charge in [0.2, 0.25) is 0 Å². The Bertz CT molecular complexity index is 1180. The fourth-order valence-corrected chi connectivity index (χ4v) is 2.77. The van der Waals surface area contributed by atoms with Crippen LogP contribution in [0.1, 0.15) is 16.1 Å². The molecule has 9 heteroatoms. The zero-order chi connectivity index (χ0) is 21.1. The van der Waals surface area contributed by atoms with Crippen molar-refractivity contribution in [2.75, 3.05) is 5.32 Å². The van der Waals surface area contributed by atoms with Crippen LogP contribution in [0.4, 0.5) is 19.0 Å². The minimum Gasteiger partial charge on any atom is -0.463 e. The predicted molar refractivity (Wildman–Crippen MR) is 102 cm³/mol. The summed E-state index contributed by atoms with van der Waals surface area (Å²) >= 11 is 0. The van der Waals surface area contributed by atoms with Crippen molar-refractivity contribution in [2.24, 2.45) is 0 Å². The van der Waals surface area contributed by atoms with Crippen molar-refractivity contribution < 1.29 is 22.4 Å². The largest absolute Gasteiger partial charge is 0.463 e. The first-order valence-electron chi connectivity index (χ1n) is 8.73. The van der Waals surface area contributed by atoms with Crippen molar-refractivity contribution in [1.82, 2.24) is 15.0 Å². The number of hydrogen-bond donors (Lipinski definition) is 1. The number of nitrogens with zero attached hydrogens (tertiary/aromatic N) is 3. The first-order chi connectivity index (χ1) is 14.4. The minimum absolute atomic E-state index is 0.104. The van der Waals surface area contributed by atoms with Gasteiger partial charge in [0, 0.05) is 11.8 Å². The van der Waals surface area contributed by atoms with E-state index in [1.807, 2.05) is 0 Å². The minimum atomic E-state index is -4.50. The van der Waals surface area contributed by atoms with Crippen LogP contribution in [0.5, 0.6) is 0 Å². The Morgan fingerprint density at radius 3 is 2.53 bits per heavy atom. The van der Waals surface area contributed by atoms with Crippen molar-refractivity contribution >= 4 is 11.7 Å². The fourth-order valence-electron chi connectivity index (χ4n) is 2.77. The molecule has 1 N–H and O–H groups in total. The van der Waals surface area contributed by atoms with E-state index < -0.39 is 17.6 Å². The van der Waals surface area contributed by atoms with E-state index in [0.29, 0.717) is 5.76 Å². The van der Waals surface area contributed by atoms with E-state index in [9.17, 15) is 18.0 Å². The van der Waals surface area contributed by atoms with Crippen molar-refractivity contribution in [1.29, 1.82) is 0 Å². The van der Waals surface area contributed by atoms with Crippen LogP contribution >= 0.6 is 0 Å². The monoisotopic (exact) mass is 410 g/mol. The predicted octanol–water partition coefficient (Wildman–Crippen LogP) is 5.07. The molecule has 1 amide bonds. The second-order valence-electron chi connectivity index (χ2n) is 6.18. The second-order valence-corrected chi connectivity index (χ2v) is 6.18. The quantitative estimate of drug-likeness (QED) is 0.508. The Kier molecular flexibility index (Phi) is 5.01. The van der Waals surface area contributed by atoms with Gasteiger partial charge in [-0.1, -0.05) is 18.2 Å². The summed E-state index contributed by atoms with van der Waals surface area (Å²) in [6.45, 7) is 0. The Morgan fingerprint density at radius 1 is 0.967 bits per heavy atom. The highest BCUT2D eigenvalue weighted by Crippen LogP contribution is 2.35. The number of aromatic nitrogens is 3. The van der Waals surface area contributed by atoms with E-state index in [4.69, 9.17) is 4.42 Å². The van der Waals surface area contributed by atoms with E-state index >= 15 is 0 Å². The first-order valence-corrected chi connectivity index (χ1v) is 8.73. The molecule has 1 aromatic carbocycles. The molecule has 0 saturated carbocycles. The molecule has 4 aromatic rings. The molecule has 0 aliphatic carbocycles. The summed E-state index contributed by atoms with van der Waals surface area (Å²) in [6.07, 6.45) is -0.342. The molecule has 150 valence electrons. The topological polar surface area (TPSA) is 80.9 Å². The van der Waals surface area contributed by atoms with Crippen LogP contribution in [0.3, 0.4) is 0 Å². The third kappa shape index (κ3) is 4.04. The number of nitrogens with one attached hydrogen (secondary N) is 1. The summed E-state index contributed by atoms with van der Waals surface area (Å²) in [5, 5.41) is 2.58. The van der Waals surface area contributed by atoms with Gasteiger partial charge in [-0.15, -0.1) is 0 Å². The molecule has 4 rings (SSSR count). The van der Waals surface area contributed by atoms with Gasteiger partial charge in [-0.2, -0.15) is 13.2 Å². The highest BCUT2D eigenvalue weighted by molar-refractivity contribution is 6.02. The maximum absolute atomic E-state index is 13.1. The van der Waals surface area contributed by atoms with Gasteiger partial charge in [0.05, 0.1) is 23.7 Å². The Balaban J connectivity index is 1.75. The molecule has 3 aromatic heterocycles. The van der Waals surface area contributed by atoms with Crippen molar-refractivity contribution in [2.45, 2.75) is 6.18 Å². The summed E-state index contributed by atoms with van der Waals surface area (Å²) in [7, 11) is 0. The molecule has 0 aliphatic rings. The second kappa shape index (κ2) is 7.78. The van der Waals surface area contributed by atoms with Gasteiger partial charge in [-0.25, -0.2) is 9.97 Å². The summed E-state index contributed by atoms with van der Waals surface area (Å²) in [5.41, 5.74) is -0.0307. The van der Waals surface area contributed by atoms with Gasteiger partial charge in [0.25, 0.3) is 5.91 Å². The van der Waals surface area contributed by atoms with E-state index in [1.165, 1.54) is 36.9 Å². The summed E-state index contributed by atoms with van der Waals surface area (Å²) in [4.78, 5) is 24.9. The summed E-state index contributed by atoms with van der Waals surface area (Å²) in [5.74, 6) is -0.0984. The molecule has 0 spiro atoms. The number of carbonyl (C=O) groups is 1. The number of rotatable bonds is 4. The molecule has 0 fully saturated rings. The van der Waals surface area contributed by atoms with E-state index in [2.05, 4.69) is 20.3 Å². The lowest BCUT2D eigenvalue weighted by Gasteiger charge is -2.12. The number of anilines is 1. The fraction of sp³-hybridized carbons (Fsp3) is 0.0476. The van der Waals surface area contributed by atoms with Gasteiger partial charge in [-0.3, -0.25) is 9.78 Å². The van der Waals surface area contributed by atoms with Gasteiger partial charge in [-0.05, 0) is 36.4 Å². The lowest BCUT2D eigenvalue weighted by molar-refractivity contribution is -0.137. The number of furan rings is 1. The third-order valence-corrected chi connectivity index (χ3v) is 4.13. The van der Waals surface area contributed by atoms with E-state index in [0.717, 1.165) is 12.1 Å². The Hall–Kier alpha value is -4.01. The number of amides is 1. The van der Waals surface area contributed by atoms with Crippen LogP contribution < -0.4 is 5.32 Å². The van der Waals surface area contributed by atoms with Crippen molar-refractivity contribution in [3.05, 3.63) is 84.5 Å². The normalized spacial score (nSPS) is 11.3. The lowest BCUT2D eigenvalue weighted by Crippen LogP contribution is -2.15. The molecule has 0 saturated heterocycles. The molecule has 30 heavy (non-hydrogen) atoms. The van der Waals surface area contributed by atoms with Crippen LogP contribution in [-0.2, 0) is 6.18 Å². The summed E-state index contributed by atoms with van der Waals surface area (Å²) < 4.78 is 44.7. The van der Waals surface area contributed by atoms with Gasteiger partial charge in [0.1, 0.15) is 11.4 Å². The highest BCUT2D eigenvalue weighted by Gasteiger charge is 2.31. The van der Waals surface area contributed by atoms with Crippen LogP contribution in [0, 0.1) is 0 Å². The van der Waals surface area contributed by atoms with Crippen molar-refractivity contribution in [3.63, 3.8) is 0 Å². The van der Waals surface area contributed by atoms with Crippen LogP contribution in [0.15, 0.2) is 77.7 Å². The maximum atomic E-state index is 13.1. The molecule has 0 atom stereocenters. The molecular formula is C21H13F3N4O2. The van der Waals surface area contributed by atoms with Gasteiger partial charge >= 0.3 is 6.18 Å². The highest BCUT2D eigenvalue weighted by atomic mass is 19.4. The van der Waals surface area contributed by atoms with Crippen LogP contribution in [0.2, 0.25) is 0 Å². The maximum Gasteiger partial charge on any atom is 0.416 e. The molecular weight excluding hydrogens is 397 g/mol. The third-order valence-electron chi connectivity index (χ3n) is 4.13. The zero-order valence-corrected chi connectivity index (χ0v) is 15.2. The average molecular weight is 410 g/mol. The van der Waals surface area contributed by atoms with Gasteiger partial charge in [0.15, 0.2) is 11.6 Å². The molecule has 0 unspecified atom stereocenters. The Labute approximate surface area is 168 Å². The number of pyridine rings is 1. The standard InChI is InChI=1S/C21H13F3N4O2/c22-21(23,24)14-6-3-5-13(11-14)18-19(16-8-4-10-30-16)27-17(12-26-18)28-20(29)15-7-1-2-9-25-15/h1-12H,(H,27,28,29). The number of hydrogen-bond acceptors (Lipinski definition) is 5. The van der Waals surface area contributed by atoms with E-state index in [-0.39, 0.29) is 28.5 Å². The average Bonchev–Trinajstić information content (AvgIpc) is 3.29. The molecule has 0 bridgehead atoms. The van der Waals surface area contributed by atoms with Crippen LogP contribution in [0.25, 0.3) is 22.7 Å². The molecule has 3 heterocycles. The first kappa shape index (κ1) is 19.3. The van der Waals surface area contributed by atoms with Crippen molar-refractivity contribution in [3.8, 4) is 22.7 Å². The molecule has 0 aliphatic heterocycles. The Morgan fingerprint density at radius 2 is 1.83 bits per heavy atom. The molecule has 0 radical (unpaired) electrons. The SMILES string of the molecule is O=C(Nc1cnc(-c2cccc(C(F)(F)F)c2)c(-c2ccco2)n1)c1ccccn1. The van der Waals surface area contributed by atoms with E-state index in [1.54, 1.807) is 24.3 Å². The number of alkyl halides is 3. The zero-order valence-electron chi connectivity index (χ0n) is 15.2. The van der Waals surface area contributed by atoms with Crippen LogP contribution in [-0.4, -0.2) is 20.9 Å². The number of carbonyl (C=O) groups excluding carboxylic acids is 1. The number of halogens is 3. The number of benzene rings is 1.